The summed E-state index contributed by atoms with van der Waals surface area (Å²) in [5, 5.41) is 5.76. The molecule has 0 radical (unpaired) electrons. The number of ether oxygens (including phenoxy) is 1. The van der Waals surface area contributed by atoms with Crippen LogP contribution in [-0.2, 0) is 0 Å². The van der Waals surface area contributed by atoms with E-state index in [1.165, 1.54) is 0 Å². The second kappa shape index (κ2) is 11.8. The summed E-state index contributed by atoms with van der Waals surface area (Å²) in [6.45, 7) is 5.08. The van der Waals surface area contributed by atoms with Crippen molar-refractivity contribution >= 4 is 40.5 Å². The highest BCUT2D eigenvalue weighted by Gasteiger charge is 2.19. The lowest BCUT2D eigenvalue weighted by molar-refractivity contribution is 0.0974. The molecule has 0 aliphatic carbocycles. The van der Waals surface area contributed by atoms with Crippen molar-refractivity contribution in [3.63, 3.8) is 0 Å². The molecular weight excluding hydrogens is 434 g/mol. The number of nitrogens with zero attached hydrogens (tertiary/aromatic N) is 1. The Morgan fingerprint density at radius 3 is 2.24 bits per heavy atom. The van der Waals surface area contributed by atoms with Crippen LogP contribution >= 0.6 is 12.2 Å². The van der Waals surface area contributed by atoms with Crippen LogP contribution in [-0.4, -0.2) is 30.1 Å². The van der Waals surface area contributed by atoms with Gasteiger partial charge in [0, 0.05) is 17.8 Å². The molecule has 0 aromatic heterocycles. The summed E-state index contributed by atoms with van der Waals surface area (Å²) in [7, 11) is 0. The van der Waals surface area contributed by atoms with E-state index < -0.39 is 0 Å². The molecule has 0 saturated carbocycles. The van der Waals surface area contributed by atoms with Gasteiger partial charge >= 0.3 is 0 Å². The maximum atomic E-state index is 13.3. The molecule has 0 spiro atoms. The Morgan fingerprint density at radius 1 is 0.909 bits per heavy atom. The maximum absolute atomic E-state index is 13.3. The summed E-state index contributed by atoms with van der Waals surface area (Å²) < 4.78 is 5.54. The average Bonchev–Trinajstić information content (AvgIpc) is 2.84. The molecule has 2 N–H and O–H groups in total. The van der Waals surface area contributed by atoms with Crippen molar-refractivity contribution in [3.8, 4) is 5.75 Å². The van der Waals surface area contributed by atoms with Gasteiger partial charge in [0.2, 0.25) is 0 Å². The van der Waals surface area contributed by atoms with E-state index in [1.54, 1.807) is 53.4 Å². The van der Waals surface area contributed by atoms with E-state index in [9.17, 15) is 9.59 Å². The van der Waals surface area contributed by atoms with Crippen molar-refractivity contribution in [2.45, 2.75) is 20.3 Å². The normalized spacial score (nSPS) is 10.2. The van der Waals surface area contributed by atoms with Crippen LogP contribution in [0.25, 0.3) is 0 Å². The minimum Gasteiger partial charge on any atom is -0.494 e. The van der Waals surface area contributed by atoms with Gasteiger partial charge in [0.25, 0.3) is 11.8 Å². The quantitative estimate of drug-likeness (QED) is 0.447. The number of nitrogens with one attached hydrogen (secondary N) is 2. The Morgan fingerprint density at radius 2 is 1.58 bits per heavy atom. The van der Waals surface area contributed by atoms with Crippen LogP contribution in [0.1, 0.15) is 41.0 Å². The number of anilines is 2. The zero-order chi connectivity index (χ0) is 23.6. The number of carbonyl (C=O) groups excluding carboxylic acids is 2. The zero-order valence-electron chi connectivity index (χ0n) is 18.7. The molecule has 0 aliphatic rings. The van der Waals surface area contributed by atoms with Crippen LogP contribution in [0.5, 0.6) is 5.75 Å². The number of rotatable bonds is 8. The van der Waals surface area contributed by atoms with E-state index in [-0.39, 0.29) is 16.9 Å². The van der Waals surface area contributed by atoms with Gasteiger partial charge in [-0.3, -0.25) is 14.9 Å². The number of hydrogen-bond acceptors (Lipinski definition) is 4. The number of carbonyl (C=O) groups is 2. The van der Waals surface area contributed by atoms with E-state index >= 15 is 0 Å². The fourth-order valence-electron chi connectivity index (χ4n) is 3.23. The molecule has 0 fully saturated rings. The molecule has 33 heavy (non-hydrogen) atoms. The first-order valence-electron chi connectivity index (χ1n) is 10.8. The largest absolute Gasteiger partial charge is 0.494 e. The molecule has 0 atom stereocenters. The Labute approximate surface area is 199 Å². The monoisotopic (exact) mass is 461 g/mol. The first-order valence-corrected chi connectivity index (χ1v) is 11.3. The average molecular weight is 462 g/mol. The van der Waals surface area contributed by atoms with Gasteiger partial charge < -0.3 is 15.0 Å². The lowest BCUT2D eigenvalue weighted by Crippen LogP contribution is -2.35. The molecule has 0 aliphatic heterocycles. The number of hydrogen-bond donors (Lipinski definition) is 2. The van der Waals surface area contributed by atoms with Crippen molar-refractivity contribution < 1.29 is 14.3 Å². The predicted molar refractivity (Wildman–Crippen MR) is 136 cm³/mol. The fourth-order valence-corrected chi connectivity index (χ4v) is 3.43. The highest BCUT2D eigenvalue weighted by Crippen LogP contribution is 2.22. The third kappa shape index (κ3) is 6.40. The Hall–Kier alpha value is -3.71. The van der Waals surface area contributed by atoms with Gasteiger partial charge in [0.05, 0.1) is 17.9 Å². The smallest absolute Gasteiger partial charge is 0.260 e. The molecule has 3 aromatic carbocycles. The molecule has 3 rings (SSSR count). The lowest BCUT2D eigenvalue weighted by atomic mass is 10.1. The Kier molecular flexibility index (Phi) is 8.55. The van der Waals surface area contributed by atoms with Crippen LogP contribution < -0.4 is 20.3 Å². The summed E-state index contributed by atoms with van der Waals surface area (Å²) in [4.78, 5) is 27.5. The van der Waals surface area contributed by atoms with Crippen LogP contribution in [0, 0.1) is 0 Å². The standard InChI is InChI=1S/C26H27N3O3S/c1-3-18-32-21-16-14-19(15-17-21)24(30)28-26(33)27-23-13-9-8-12-22(23)25(31)29(4-2)20-10-6-5-7-11-20/h5-17H,3-4,18H2,1-2H3,(H2,27,28,30,33). The molecule has 170 valence electrons. The van der Waals surface area contributed by atoms with E-state index in [2.05, 4.69) is 10.6 Å². The molecular formula is C26H27N3O3S. The van der Waals surface area contributed by atoms with Crippen molar-refractivity contribution in [2.75, 3.05) is 23.4 Å². The van der Waals surface area contributed by atoms with Crippen LogP contribution in [0.15, 0.2) is 78.9 Å². The third-order valence-electron chi connectivity index (χ3n) is 4.85. The molecule has 0 saturated heterocycles. The molecule has 0 heterocycles. The Balaban J connectivity index is 1.69. The van der Waals surface area contributed by atoms with Gasteiger partial charge in [-0.15, -0.1) is 0 Å². The van der Waals surface area contributed by atoms with Crippen LogP contribution in [0.4, 0.5) is 11.4 Å². The second-order valence-corrected chi connectivity index (χ2v) is 7.62. The van der Waals surface area contributed by atoms with Crippen molar-refractivity contribution in [3.05, 3.63) is 90.0 Å². The minimum atomic E-state index is -0.349. The summed E-state index contributed by atoms with van der Waals surface area (Å²) in [5.41, 5.74) is 2.23. The van der Waals surface area contributed by atoms with Crippen LogP contribution in [0.3, 0.4) is 0 Å². The summed E-state index contributed by atoms with van der Waals surface area (Å²) in [6, 6.07) is 23.4. The van der Waals surface area contributed by atoms with E-state index in [4.69, 9.17) is 17.0 Å². The number of thiocarbonyl (C=S) groups is 1. The fraction of sp³-hybridized carbons (Fsp3) is 0.192. The van der Waals surface area contributed by atoms with Crippen LogP contribution in [0.2, 0.25) is 0 Å². The predicted octanol–water partition coefficient (Wildman–Crippen LogP) is 5.27. The maximum Gasteiger partial charge on any atom is 0.260 e. The first-order chi connectivity index (χ1) is 16.0. The second-order valence-electron chi connectivity index (χ2n) is 7.21. The van der Waals surface area contributed by atoms with E-state index in [1.807, 2.05) is 44.2 Å². The van der Waals surface area contributed by atoms with E-state index in [0.29, 0.717) is 35.7 Å². The lowest BCUT2D eigenvalue weighted by Gasteiger charge is -2.23. The zero-order valence-corrected chi connectivity index (χ0v) is 19.5. The van der Waals surface area contributed by atoms with Crippen molar-refractivity contribution in [1.29, 1.82) is 0 Å². The third-order valence-corrected chi connectivity index (χ3v) is 5.06. The van der Waals surface area contributed by atoms with Crippen molar-refractivity contribution in [1.82, 2.24) is 5.32 Å². The van der Waals surface area contributed by atoms with E-state index in [0.717, 1.165) is 12.1 Å². The molecule has 2 amide bonds. The molecule has 7 heteroatoms. The van der Waals surface area contributed by atoms with Gasteiger partial charge in [-0.1, -0.05) is 37.3 Å². The number of para-hydroxylation sites is 2. The van der Waals surface area contributed by atoms with Gasteiger partial charge in [-0.05, 0) is 74.1 Å². The van der Waals surface area contributed by atoms with Gasteiger partial charge in [-0.2, -0.15) is 0 Å². The molecule has 0 bridgehead atoms. The molecule has 0 unspecified atom stereocenters. The van der Waals surface area contributed by atoms with Gasteiger partial charge in [-0.25, -0.2) is 0 Å². The number of benzene rings is 3. The highest BCUT2D eigenvalue weighted by molar-refractivity contribution is 7.80. The minimum absolute atomic E-state index is 0.106. The number of amides is 2. The summed E-state index contributed by atoms with van der Waals surface area (Å²) in [5.74, 6) is 0.196. The van der Waals surface area contributed by atoms with Gasteiger partial charge in [0.15, 0.2) is 5.11 Å². The summed E-state index contributed by atoms with van der Waals surface area (Å²) in [6.07, 6.45) is 0.910. The first kappa shape index (κ1) is 23.9. The Bertz CT molecular complexity index is 1100. The SMILES string of the molecule is CCCOc1ccc(C(=O)NC(=S)Nc2ccccc2C(=O)N(CC)c2ccccc2)cc1. The molecule has 6 nitrogen and oxygen atoms in total. The molecule has 3 aromatic rings. The highest BCUT2D eigenvalue weighted by atomic mass is 32.1. The topological polar surface area (TPSA) is 70.7 Å². The summed E-state index contributed by atoms with van der Waals surface area (Å²) >= 11 is 5.34. The van der Waals surface area contributed by atoms with Gasteiger partial charge in [0.1, 0.15) is 5.75 Å². The van der Waals surface area contributed by atoms with Crippen molar-refractivity contribution in [2.24, 2.45) is 0 Å².